The van der Waals surface area contributed by atoms with E-state index in [1.54, 1.807) is 25.1 Å². The van der Waals surface area contributed by atoms with Crippen LogP contribution in [0.1, 0.15) is 17.5 Å². The number of fused-ring (bicyclic) bond motifs is 3. The van der Waals surface area contributed by atoms with Crippen LogP contribution < -0.4 is 10.6 Å². The van der Waals surface area contributed by atoms with E-state index in [-0.39, 0.29) is 28.1 Å². The van der Waals surface area contributed by atoms with E-state index in [0.29, 0.717) is 18.4 Å². The molecule has 10 nitrogen and oxygen atoms in total. The molecule has 0 spiro atoms. The van der Waals surface area contributed by atoms with Gasteiger partial charge in [-0.3, -0.25) is 19.3 Å². The quantitative estimate of drug-likeness (QED) is 0.363. The second-order valence-corrected chi connectivity index (χ2v) is 9.15. The van der Waals surface area contributed by atoms with E-state index in [1.165, 1.54) is 6.07 Å². The number of rotatable bonds is 3. The third kappa shape index (κ3) is 3.37. The predicted molar refractivity (Wildman–Crippen MR) is 121 cm³/mol. The van der Waals surface area contributed by atoms with Crippen LogP contribution in [0.5, 0.6) is 5.75 Å². The smallest absolute Gasteiger partial charge is 0.255 e. The second-order valence-electron chi connectivity index (χ2n) is 9.15. The van der Waals surface area contributed by atoms with Gasteiger partial charge in [-0.05, 0) is 56.5 Å². The molecule has 1 fully saturated rings. The Labute approximate surface area is 190 Å². The number of primary amides is 1. The van der Waals surface area contributed by atoms with Gasteiger partial charge in [0.25, 0.3) is 5.91 Å². The lowest BCUT2D eigenvalue weighted by atomic mass is 9.59. The molecule has 0 aromatic heterocycles. The number of hydrogen-bond donors (Lipinski definition) is 4. The molecular weight excluding hydrogens is 430 g/mol. The number of anilines is 1. The van der Waals surface area contributed by atoms with Gasteiger partial charge in [-0.2, -0.15) is 0 Å². The molecule has 4 atom stereocenters. The standard InChI is InChI=1S/C23H27N3O6.H2O/c1-25(2)12-5-6-13(27)15-10(12)7-9-8-11-16(20(29)14(9)19(15)28)21(30)17(23(24)32)22(31)18(11)26(3)4;/h5-6,9,11,16,18,27-28,31H,7-8H2,1-4H3,(H2,24,32);1H2/t9-,11+,16+,18-;/m0./s1. The number of allylic oxidation sites excluding steroid dienone is 1. The average molecular weight is 459 g/mol. The monoisotopic (exact) mass is 459 g/mol. The van der Waals surface area contributed by atoms with Crippen LogP contribution in [0, 0.1) is 17.8 Å². The Morgan fingerprint density at radius 1 is 1.06 bits per heavy atom. The molecule has 0 saturated heterocycles. The number of hydrogen-bond acceptors (Lipinski definition) is 8. The van der Waals surface area contributed by atoms with Crippen molar-refractivity contribution >= 4 is 28.9 Å². The van der Waals surface area contributed by atoms with Crippen molar-refractivity contribution in [2.75, 3.05) is 33.1 Å². The topological polar surface area (TPSA) is 176 Å². The van der Waals surface area contributed by atoms with Crippen molar-refractivity contribution in [1.29, 1.82) is 0 Å². The fraction of sp³-hybridized carbons (Fsp3) is 0.435. The Hall–Kier alpha value is -3.37. The number of phenols is 1. The molecule has 1 aromatic rings. The largest absolute Gasteiger partial charge is 0.510 e. The second kappa shape index (κ2) is 8.20. The summed E-state index contributed by atoms with van der Waals surface area (Å²) in [7, 11) is 7.08. The first kappa shape index (κ1) is 24.3. The van der Waals surface area contributed by atoms with Crippen LogP contribution in [0.2, 0.25) is 0 Å². The molecule has 0 radical (unpaired) electrons. The van der Waals surface area contributed by atoms with Gasteiger partial charge in [0, 0.05) is 25.4 Å². The lowest BCUT2D eigenvalue weighted by molar-refractivity contribution is -0.136. The number of aliphatic hydroxyl groups excluding tert-OH is 2. The summed E-state index contributed by atoms with van der Waals surface area (Å²) in [6.45, 7) is 0. The third-order valence-electron chi connectivity index (χ3n) is 6.90. The van der Waals surface area contributed by atoms with Gasteiger partial charge in [-0.1, -0.05) is 0 Å². The molecular formula is C23H29N3O7. The van der Waals surface area contributed by atoms with E-state index in [9.17, 15) is 29.7 Å². The van der Waals surface area contributed by atoms with Crippen molar-refractivity contribution in [3.8, 4) is 5.75 Å². The van der Waals surface area contributed by atoms with Crippen molar-refractivity contribution in [2.45, 2.75) is 18.9 Å². The summed E-state index contributed by atoms with van der Waals surface area (Å²) in [6, 6.07) is 2.47. The summed E-state index contributed by atoms with van der Waals surface area (Å²) in [4.78, 5) is 42.2. The van der Waals surface area contributed by atoms with Crippen molar-refractivity contribution in [2.24, 2.45) is 23.5 Å². The molecule has 0 unspecified atom stereocenters. The highest BCUT2D eigenvalue weighted by Gasteiger charge is 2.55. The number of carbonyl (C=O) groups excluding carboxylic acids is 3. The molecule has 33 heavy (non-hydrogen) atoms. The molecule has 1 amide bonds. The van der Waals surface area contributed by atoms with Crippen molar-refractivity contribution in [1.82, 2.24) is 4.90 Å². The van der Waals surface area contributed by atoms with Crippen molar-refractivity contribution < 1.29 is 35.2 Å². The van der Waals surface area contributed by atoms with Crippen LogP contribution in [0.3, 0.4) is 0 Å². The van der Waals surface area contributed by atoms with E-state index >= 15 is 0 Å². The van der Waals surface area contributed by atoms with E-state index in [1.807, 2.05) is 19.0 Å². The number of amides is 1. The normalized spacial score (nSPS) is 26.5. The summed E-state index contributed by atoms with van der Waals surface area (Å²) in [5, 5.41) is 32.3. The molecule has 1 saturated carbocycles. The molecule has 1 aromatic carbocycles. The fourth-order valence-corrected chi connectivity index (χ4v) is 5.67. The van der Waals surface area contributed by atoms with Gasteiger partial charge in [0.05, 0.1) is 17.5 Å². The minimum absolute atomic E-state index is 0. The lowest BCUT2D eigenvalue weighted by Gasteiger charge is -2.46. The highest BCUT2D eigenvalue weighted by Crippen LogP contribution is 2.51. The van der Waals surface area contributed by atoms with Gasteiger partial charge in [0.1, 0.15) is 22.8 Å². The Morgan fingerprint density at radius 3 is 2.24 bits per heavy atom. The SMILES string of the molecule is CN(C)c1ccc(O)c2c1C[C@H]1C[C@@H]3[C@@H](C(=O)C(C(N)=O)=C(O)[C@H]3N(C)C)C(=O)C1=C2O.O. The first-order chi connectivity index (χ1) is 15.0. The minimum atomic E-state index is -1.24. The Morgan fingerprint density at radius 2 is 1.70 bits per heavy atom. The maximum atomic E-state index is 13.6. The number of aromatic hydroxyl groups is 1. The summed E-state index contributed by atoms with van der Waals surface area (Å²) in [5.41, 5.74) is 6.59. The van der Waals surface area contributed by atoms with E-state index in [2.05, 4.69) is 0 Å². The van der Waals surface area contributed by atoms with Gasteiger partial charge in [-0.25, -0.2) is 0 Å². The van der Waals surface area contributed by atoms with E-state index in [0.717, 1.165) is 5.69 Å². The van der Waals surface area contributed by atoms with Gasteiger partial charge < -0.3 is 31.4 Å². The van der Waals surface area contributed by atoms with Crippen molar-refractivity contribution in [3.63, 3.8) is 0 Å². The highest BCUT2D eigenvalue weighted by atomic mass is 16.3. The average Bonchev–Trinajstić information content (AvgIpc) is 2.66. The lowest BCUT2D eigenvalue weighted by Crippen LogP contribution is -2.55. The number of nitrogens with two attached hydrogens (primary N) is 1. The molecule has 7 N–H and O–H groups in total. The summed E-state index contributed by atoms with van der Waals surface area (Å²) in [5.74, 6) is -5.64. The summed E-state index contributed by atoms with van der Waals surface area (Å²) < 4.78 is 0. The fourth-order valence-electron chi connectivity index (χ4n) is 5.67. The first-order valence-electron chi connectivity index (χ1n) is 10.4. The zero-order valence-electron chi connectivity index (χ0n) is 18.9. The minimum Gasteiger partial charge on any atom is -0.510 e. The Kier molecular flexibility index (Phi) is 6.03. The highest BCUT2D eigenvalue weighted by molar-refractivity contribution is 6.28. The number of Topliss-reactive ketones (excluding diaryl/α,β-unsaturated/α-hetero) is 2. The Balaban J connectivity index is 0.00000306. The van der Waals surface area contributed by atoms with E-state index in [4.69, 9.17) is 5.73 Å². The van der Waals surface area contributed by atoms with Crippen LogP contribution >= 0.6 is 0 Å². The summed E-state index contributed by atoms with van der Waals surface area (Å²) >= 11 is 0. The van der Waals surface area contributed by atoms with Crippen molar-refractivity contribution in [3.05, 3.63) is 40.2 Å². The zero-order valence-corrected chi connectivity index (χ0v) is 18.9. The van der Waals surface area contributed by atoms with Crippen LogP contribution in [-0.4, -0.2) is 77.4 Å². The van der Waals surface area contributed by atoms with Crippen LogP contribution in [0.25, 0.3) is 5.76 Å². The number of carbonyl (C=O) groups is 3. The van der Waals surface area contributed by atoms with Gasteiger partial charge >= 0.3 is 0 Å². The molecule has 178 valence electrons. The number of benzene rings is 1. The van der Waals surface area contributed by atoms with Crippen LogP contribution in [0.4, 0.5) is 5.69 Å². The van der Waals surface area contributed by atoms with Crippen LogP contribution in [0.15, 0.2) is 29.0 Å². The number of likely N-dealkylation sites (N-methyl/N-ethyl adjacent to an activating group) is 1. The van der Waals surface area contributed by atoms with E-state index < -0.39 is 52.6 Å². The third-order valence-corrected chi connectivity index (χ3v) is 6.90. The summed E-state index contributed by atoms with van der Waals surface area (Å²) in [6.07, 6.45) is 0.718. The molecule has 3 aliphatic carbocycles. The number of nitrogens with zero attached hydrogens (tertiary/aromatic N) is 2. The van der Waals surface area contributed by atoms with Gasteiger partial charge in [0.2, 0.25) is 0 Å². The zero-order chi connectivity index (χ0) is 23.6. The number of phenolic OH excluding ortho intramolecular Hbond substituents is 1. The van der Waals surface area contributed by atoms with Gasteiger partial charge in [0.15, 0.2) is 11.6 Å². The predicted octanol–water partition coefficient (Wildman–Crippen LogP) is 0.0904. The Bertz CT molecular complexity index is 1120. The molecule has 0 aliphatic heterocycles. The maximum absolute atomic E-state index is 13.6. The molecule has 3 aliphatic rings. The number of aliphatic hydroxyl groups is 2. The molecule has 4 rings (SSSR count). The maximum Gasteiger partial charge on any atom is 0.255 e. The van der Waals surface area contributed by atoms with Crippen LogP contribution in [-0.2, 0) is 20.8 Å². The first-order valence-corrected chi connectivity index (χ1v) is 10.4. The molecule has 10 heteroatoms. The molecule has 0 heterocycles. The van der Waals surface area contributed by atoms with Gasteiger partial charge in [-0.15, -0.1) is 0 Å². The molecule has 0 bridgehead atoms. The number of ketones is 2.